The van der Waals surface area contributed by atoms with E-state index in [-0.39, 0.29) is 24.0 Å². The van der Waals surface area contributed by atoms with Gasteiger partial charge in [-0.1, -0.05) is 12.8 Å². The van der Waals surface area contributed by atoms with Crippen molar-refractivity contribution in [2.45, 2.75) is 82.8 Å². The first kappa shape index (κ1) is 22.3. The summed E-state index contributed by atoms with van der Waals surface area (Å²) < 4.78 is 5.42. The molecule has 170 valence electrons. The number of aryl methyl sites for hydroxylation is 1. The molecule has 1 heterocycles. The zero-order valence-electron chi connectivity index (χ0n) is 18.1. The number of fused-ring (bicyclic) bond motifs is 1. The van der Waals surface area contributed by atoms with Gasteiger partial charge in [-0.3, -0.25) is 14.4 Å². The summed E-state index contributed by atoms with van der Waals surface area (Å²) in [5.41, 5.74) is 1.66. The Kier molecular flexibility index (Phi) is 6.96. The average molecular weight is 449 g/mol. The average Bonchev–Trinajstić information content (AvgIpc) is 3.35. The number of carboxylic acids is 1. The molecule has 2 saturated carbocycles. The van der Waals surface area contributed by atoms with Gasteiger partial charge < -0.3 is 20.5 Å². The zero-order valence-corrected chi connectivity index (χ0v) is 18.9. The van der Waals surface area contributed by atoms with Gasteiger partial charge in [-0.15, -0.1) is 11.3 Å². The molecular formula is C23H32N2O5S. The maximum Gasteiger partial charge on any atom is 0.307 e. The number of hydrogen-bond donors (Lipinski definition) is 3. The highest BCUT2D eigenvalue weighted by Gasteiger charge is 2.37. The van der Waals surface area contributed by atoms with Crippen molar-refractivity contribution in [3.8, 4) is 0 Å². The molecule has 4 rings (SSSR count). The molecule has 1 aromatic heterocycles. The van der Waals surface area contributed by atoms with Crippen LogP contribution in [0.1, 0.15) is 78.6 Å². The first-order valence-corrected chi connectivity index (χ1v) is 12.3. The third kappa shape index (κ3) is 4.80. The highest BCUT2D eigenvalue weighted by atomic mass is 32.1. The second-order valence-electron chi connectivity index (χ2n) is 9.07. The van der Waals surface area contributed by atoms with Crippen molar-refractivity contribution in [2.75, 3.05) is 12.4 Å². The summed E-state index contributed by atoms with van der Waals surface area (Å²) >= 11 is 1.48. The molecule has 7 nitrogen and oxygen atoms in total. The summed E-state index contributed by atoms with van der Waals surface area (Å²) in [5, 5.41) is 16.3. The van der Waals surface area contributed by atoms with Crippen molar-refractivity contribution in [1.82, 2.24) is 5.32 Å². The van der Waals surface area contributed by atoms with Gasteiger partial charge >= 0.3 is 5.97 Å². The number of aliphatic carboxylic acids is 1. The Morgan fingerprint density at radius 3 is 2.35 bits per heavy atom. The lowest BCUT2D eigenvalue weighted by atomic mass is 9.79. The standard InChI is InChI=1S/C23H32N2O5S/c1-30-14-11-9-13(10-12-14)24-21(27)19-17-7-4-8-18(17)31-22(19)25-20(26)15-5-2-3-6-16(15)23(28)29/h13-16H,2-12H2,1H3,(H,24,27)(H,25,26)(H,28,29)/t13-,14-,15?,16?. The number of rotatable bonds is 6. The number of amides is 2. The summed E-state index contributed by atoms with van der Waals surface area (Å²) in [6.45, 7) is 0. The Labute approximate surface area is 186 Å². The van der Waals surface area contributed by atoms with E-state index in [1.807, 2.05) is 0 Å². The van der Waals surface area contributed by atoms with E-state index in [4.69, 9.17) is 4.74 Å². The molecule has 3 aliphatic rings. The number of carbonyl (C=O) groups excluding carboxylic acids is 2. The lowest BCUT2D eigenvalue weighted by molar-refractivity contribution is -0.147. The molecular weight excluding hydrogens is 416 g/mol. The summed E-state index contributed by atoms with van der Waals surface area (Å²) in [5.74, 6) is -2.47. The van der Waals surface area contributed by atoms with Crippen LogP contribution in [-0.4, -0.2) is 42.1 Å². The van der Waals surface area contributed by atoms with Gasteiger partial charge in [0.05, 0.1) is 23.5 Å². The van der Waals surface area contributed by atoms with Crippen molar-refractivity contribution in [2.24, 2.45) is 11.8 Å². The zero-order chi connectivity index (χ0) is 22.0. The highest BCUT2D eigenvalue weighted by molar-refractivity contribution is 7.17. The van der Waals surface area contributed by atoms with E-state index < -0.39 is 17.8 Å². The van der Waals surface area contributed by atoms with Gasteiger partial charge in [-0.05, 0) is 63.4 Å². The lowest BCUT2D eigenvalue weighted by Crippen LogP contribution is -2.39. The minimum Gasteiger partial charge on any atom is -0.481 e. The number of carboxylic acid groups (broad SMARTS) is 1. The fraction of sp³-hybridized carbons (Fsp3) is 0.696. The van der Waals surface area contributed by atoms with E-state index in [0.717, 1.165) is 63.4 Å². The van der Waals surface area contributed by atoms with E-state index in [0.29, 0.717) is 23.4 Å². The molecule has 0 spiro atoms. The summed E-state index contributed by atoms with van der Waals surface area (Å²) in [7, 11) is 1.73. The number of hydrogen-bond acceptors (Lipinski definition) is 5. The van der Waals surface area contributed by atoms with Gasteiger partial charge in [-0.2, -0.15) is 0 Å². The van der Waals surface area contributed by atoms with Crippen LogP contribution in [0.2, 0.25) is 0 Å². The number of thiophene rings is 1. The largest absolute Gasteiger partial charge is 0.481 e. The molecule has 0 bridgehead atoms. The van der Waals surface area contributed by atoms with Crippen LogP contribution in [-0.2, 0) is 27.2 Å². The van der Waals surface area contributed by atoms with Crippen molar-refractivity contribution in [3.05, 3.63) is 16.0 Å². The maximum atomic E-state index is 13.3. The van der Waals surface area contributed by atoms with Crippen molar-refractivity contribution in [1.29, 1.82) is 0 Å². The molecule has 2 unspecified atom stereocenters. The fourth-order valence-electron chi connectivity index (χ4n) is 5.38. The fourth-order valence-corrected chi connectivity index (χ4v) is 6.67. The Morgan fingerprint density at radius 2 is 1.68 bits per heavy atom. The van der Waals surface area contributed by atoms with E-state index in [1.54, 1.807) is 7.11 Å². The van der Waals surface area contributed by atoms with Crippen LogP contribution in [0.3, 0.4) is 0 Å². The molecule has 8 heteroatoms. The molecule has 1 aromatic rings. The Morgan fingerprint density at radius 1 is 0.968 bits per heavy atom. The molecule has 2 amide bonds. The molecule has 31 heavy (non-hydrogen) atoms. The minimum absolute atomic E-state index is 0.117. The second-order valence-corrected chi connectivity index (χ2v) is 10.2. The lowest BCUT2D eigenvalue weighted by Gasteiger charge is -2.28. The van der Waals surface area contributed by atoms with Crippen LogP contribution in [0.15, 0.2) is 0 Å². The molecule has 0 aliphatic heterocycles. The van der Waals surface area contributed by atoms with E-state index in [1.165, 1.54) is 16.2 Å². The molecule has 3 N–H and O–H groups in total. The molecule has 0 aromatic carbocycles. The van der Waals surface area contributed by atoms with Crippen molar-refractivity contribution in [3.63, 3.8) is 0 Å². The second kappa shape index (κ2) is 9.69. The van der Waals surface area contributed by atoms with Gasteiger partial charge in [-0.25, -0.2) is 0 Å². The first-order valence-electron chi connectivity index (χ1n) is 11.5. The smallest absolute Gasteiger partial charge is 0.307 e. The molecule has 0 saturated heterocycles. The van der Waals surface area contributed by atoms with Gasteiger partial charge in [0, 0.05) is 18.0 Å². The van der Waals surface area contributed by atoms with Gasteiger partial charge in [0.15, 0.2) is 0 Å². The Hall–Kier alpha value is -1.93. The predicted octanol–water partition coefficient (Wildman–Crippen LogP) is 3.75. The van der Waals surface area contributed by atoms with Gasteiger partial charge in [0.1, 0.15) is 5.00 Å². The third-order valence-corrected chi connectivity index (χ3v) is 8.36. The molecule has 0 radical (unpaired) electrons. The highest BCUT2D eigenvalue weighted by Crippen LogP contribution is 2.40. The number of methoxy groups -OCH3 is 1. The minimum atomic E-state index is -0.904. The monoisotopic (exact) mass is 448 g/mol. The number of anilines is 1. The first-order chi connectivity index (χ1) is 15.0. The SMILES string of the molecule is CO[C@H]1CC[C@H](NC(=O)c2c(NC(=O)C3CCCCC3C(=O)O)sc3c2CCC3)CC1. The molecule has 3 aliphatic carbocycles. The number of nitrogens with one attached hydrogen (secondary N) is 2. The predicted molar refractivity (Wildman–Crippen MR) is 119 cm³/mol. The molecule has 2 fully saturated rings. The van der Waals surface area contributed by atoms with E-state index in [9.17, 15) is 19.5 Å². The summed E-state index contributed by atoms with van der Waals surface area (Å²) in [6, 6.07) is 0.120. The van der Waals surface area contributed by atoms with Crippen molar-refractivity contribution < 1.29 is 24.2 Å². The summed E-state index contributed by atoms with van der Waals surface area (Å²) in [4.78, 5) is 39.1. The normalized spacial score (nSPS) is 28.0. The number of ether oxygens (including phenoxy) is 1. The van der Waals surface area contributed by atoms with Crippen LogP contribution in [0.5, 0.6) is 0 Å². The molecule has 2 atom stereocenters. The van der Waals surface area contributed by atoms with E-state index in [2.05, 4.69) is 10.6 Å². The van der Waals surface area contributed by atoms with E-state index >= 15 is 0 Å². The van der Waals surface area contributed by atoms with Crippen LogP contribution >= 0.6 is 11.3 Å². The van der Waals surface area contributed by atoms with Crippen LogP contribution in [0, 0.1) is 11.8 Å². The van der Waals surface area contributed by atoms with Crippen LogP contribution in [0.25, 0.3) is 0 Å². The van der Waals surface area contributed by atoms with Gasteiger partial charge in [0.25, 0.3) is 5.91 Å². The quantitative estimate of drug-likeness (QED) is 0.615. The van der Waals surface area contributed by atoms with Crippen molar-refractivity contribution >= 4 is 34.1 Å². The summed E-state index contributed by atoms with van der Waals surface area (Å²) in [6.07, 6.45) is 9.54. The Balaban J connectivity index is 1.49. The topological polar surface area (TPSA) is 105 Å². The third-order valence-electron chi connectivity index (χ3n) is 7.15. The number of carbonyl (C=O) groups is 3. The Bertz CT molecular complexity index is 843. The maximum absolute atomic E-state index is 13.3. The van der Waals surface area contributed by atoms with Crippen LogP contribution in [0.4, 0.5) is 5.00 Å². The van der Waals surface area contributed by atoms with Crippen LogP contribution < -0.4 is 10.6 Å². The van der Waals surface area contributed by atoms with Gasteiger partial charge in [0.2, 0.25) is 5.91 Å².